The highest BCUT2D eigenvalue weighted by atomic mass is 79.9. The van der Waals surface area contributed by atoms with Gasteiger partial charge in [-0.1, -0.05) is 0 Å². The zero-order valence-corrected chi connectivity index (χ0v) is 10.7. The van der Waals surface area contributed by atoms with E-state index in [1.165, 1.54) is 17.3 Å². The van der Waals surface area contributed by atoms with Gasteiger partial charge < -0.3 is 5.32 Å². The molecule has 2 heterocycles. The smallest absolute Gasteiger partial charge is 0.242 e. The van der Waals surface area contributed by atoms with Crippen LogP contribution in [0.4, 0.5) is 0 Å². The standard InChI is InChI=1S/C9H9BrN4OS/c10-7-1-8(16-4-7)2-12-9(15)3-14-6-11-5-13-14/h1,4-6H,2-3H2,(H,12,15). The van der Waals surface area contributed by atoms with Gasteiger partial charge in [-0.05, 0) is 22.0 Å². The molecule has 0 radical (unpaired) electrons. The van der Waals surface area contributed by atoms with Crippen LogP contribution < -0.4 is 5.32 Å². The first kappa shape index (κ1) is 11.3. The van der Waals surface area contributed by atoms with Gasteiger partial charge in [0.15, 0.2) is 0 Å². The van der Waals surface area contributed by atoms with Crippen molar-refractivity contribution in [2.45, 2.75) is 13.1 Å². The maximum absolute atomic E-state index is 11.5. The fourth-order valence-electron chi connectivity index (χ4n) is 1.15. The highest BCUT2D eigenvalue weighted by molar-refractivity contribution is 9.10. The summed E-state index contributed by atoms with van der Waals surface area (Å²) in [5, 5.41) is 8.65. The molecule has 84 valence electrons. The Hall–Kier alpha value is -1.21. The van der Waals surface area contributed by atoms with Crippen LogP contribution in [0.5, 0.6) is 0 Å². The number of hydrogen-bond donors (Lipinski definition) is 1. The molecule has 2 aromatic rings. The second-order valence-corrected chi connectivity index (χ2v) is 5.01. The lowest BCUT2D eigenvalue weighted by Gasteiger charge is -2.02. The van der Waals surface area contributed by atoms with Crippen LogP contribution >= 0.6 is 27.3 Å². The lowest BCUT2D eigenvalue weighted by Crippen LogP contribution is -2.26. The monoisotopic (exact) mass is 300 g/mol. The van der Waals surface area contributed by atoms with Gasteiger partial charge in [-0.15, -0.1) is 11.3 Å². The van der Waals surface area contributed by atoms with Crippen LogP contribution in [-0.2, 0) is 17.9 Å². The molecule has 16 heavy (non-hydrogen) atoms. The van der Waals surface area contributed by atoms with E-state index in [9.17, 15) is 4.79 Å². The van der Waals surface area contributed by atoms with Crippen molar-refractivity contribution < 1.29 is 4.79 Å². The lowest BCUT2D eigenvalue weighted by atomic mass is 10.4. The van der Waals surface area contributed by atoms with Crippen molar-refractivity contribution >= 4 is 33.2 Å². The van der Waals surface area contributed by atoms with Crippen molar-refractivity contribution in [2.75, 3.05) is 0 Å². The van der Waals surface area contributed by atoms with Crippen LogP contribution in [0.3, 0.4) is 0 Å². The average molecular weight is 301 g/mol. The van der Waals surface area contributed by atoms with Crippen LogP contribution in [0.25, 0.3) is 0 Å². The van der Waals surface area contributed by atoms with E-state index in [4.69, 9.17) is 0 Å². The fourth-order valence-corrected chi connectivity index (χ4v) is 2.54. The van der Waals surface area contributed by atoms with E-state index in [1.54, 1.807) is 11.3 Å². The minimum Gasteiger partial charge on any atom is -0.350 e. The van der Waals surface area contributed by atoms with Crippen LogP contribution in [-0.4, -0.2) is 20.7 Å². The maximum Gasteiger partial charge on any atom is 0.242 e. The molecule has 1 N–H and O–H groups in total. The normalized spacial score (nSPS) is 10.3. The van der Waals surface area contributed by atoms with E-state index in [1.807, 2.05) is 11.4 Å². The van der Waals surface area contributed by atoms with Crippen molar-refractivity contribution in [3.63, 3.8) is 0 Å². The number of carbonyl (C=O) groups excluding carboxylic acids is 1. The van der Waals surface area contributed by atoms with Crippen LogP contribution in [0.2, 0.25) is 0 Å². The quantitative estimate of drug-likeness (QED) is 0.929. The molecule has 0 aliphatic heterocycles. The van der Waals surface area contributed by atoms with Gasteiger partial charge in [0.05, 0.1) is 6.54 Å². The summed E-state index contributed by atoms with van der Waals surface area (Å²) >= 11 is 4.97. The lowest BCUT2D eigenvalue weighted by molar-refractivity contribution is -0.122. The number of halogens is 1. The second-order valence-electron chi connectivity index (χ2n) is 3.10. The number of nitrogens with one attached hydrogen (secondary N) is 1. The molecule has 2 rings (SSSR count). The fraction of sp³-hybridized carbons (Fsp3) is 0.222. The Balaban J connectivity index is 1.80. The summed E-state index contributed by atoms with van der Waals surface area (Å²) in [5.41, 5.74) is 0. The number of rotatable bonds is 4. The number of aromatic nitrogens is 3. The first-order chi connectivity index (χ1) is 7.74. The maximum atomic E-state index is 11.5. The van der Waals surface area contributed by atoms with Gasteiger partial charge >= 0.3 is 0 Å². The summed E-state index contributed by atoms with van der Waals surface area (Å²) < 4.78 is 2.53. The number of thiophene rings is 1. The summed E-state index contributed by atoms with van der Waals surface area (Å²) in [6, 6.07) is 1.99. The Morgan fingerprint density at radius 1 is 1.62 bits per heavy atom. The molecule has 7 heteroatoms. The van der Waals surface area contributed by atoms with E-state index >= 15 is 0 Å². The Morgan fingerprint density at radius 2 is 2.50 bits per heavy atom. The molecule has 0 aliphatic carbocycles. The minimum atomic E-state index is -0.0741. The molecule has 0 fully saturated rings. The van der Waals surface area contributed by atoms with Crippen LogP contribution in [0.15, 0.2) is 28.6 Å². The summed E-state index contributed by atoms with van der Waals surface area (Å²) in [4.78, 5) is 16.4. The number of carbonyl (C=O) groups is 1. The molecular weight excluding hydrogens is 292 g/mol. The third-order valence-electron chi connectivity index (χ3n) is 1.85. The van der Waals surface area contributed by atoms with Gasteiger partial charge in [0.1, 0.15) is 19.2 Å². The first-order valence-electron chi connectivity index (χ1n) is 4.56. The number of hydrogen-bond acceptors (Lipinski definition) is 4. The molecule has 0 aliphatic rings. The highest BCUT2D eigenvalue weighted by Crippen LogP contribution is 2.19. The SMILES string of the molecule is O=C(Cn1cncn1)NCc1cc(Br)cs1. The first-order valence-corrected chi connectivity index (χ1v) is 6.23. The van der Waals surface area contributed by atoms with E-state index in [-0.39, 0.29) is 12.5 Å². The zero-order valence-electron chi connectivity index (χ0n) is 8.26. The Kier molecular flexibility index (Phi) is 3.68. The largest absolute Gasteiger partial charge is 0.350 e. The summed E-state index contributed by atoms with van der Waals surface area (Å²) in [6.45, 7) is 0.746. The molecule has 0 saturated heterocycles. The number of nitrogens with zero attached hydrogens (tertiary/aromatic N) is 3. The van der Waals surface area contributed by atoms with E-state index in [0.717, 1.165) is 9.35 Å². The third-order valence-corrected chi connectivity index (χ3v) is 3.55. The zero-order chi connectivity index (χ0) is 11.4. The van der Waals surface area contributed by atoms with Gasteiger partial charge in [0.2, 0.25) is 5.91 Å². The van der Waals surface area contributed by atoms with Crippen molar-refractivity contribution in [1.29, 1.82) is 0 Å². The van der Waals surface area contributed by atoms with E-state index in [2.05, 4.69) is 31.3 Å². The summed E-state index contributed by atoms with van der Waals surface area (Å²) in [6.07, 6.45) is 2.92. The van der Waals surface area contributed by atoms with Crippen molar-refractivity contribution in [1.82, 2.24) is 20.1 Å². The van der Waals surface area contributed by atoms with Gasteiger partial charge in [-0.3, -0.25) is 4.79 Å². The molecule has 5 nitrogen and oxygen atoms in total. The number of amides is 1. The molecule has 0 unspecified atom stereocenters. The summed E-state index contributed by atoms with van der Waals surface area (Å²) in [5.74, 6) is -0.0741. The summed E-state index contributed by atoms with van der Waals surface area (Å²) in [7, 11) is 0. The predicted molar refractivity (Wildman–Crippen MR) is 63.9 cm³/mol. The molecular formula is C9H9BrN4OS. The molecule has 1 amide bonds. The molecule has 0 spiro atoms. The Labute approximate surface area is 105 Å². The minimum absolute atomic E-state index is 0.0741. The van der Waals surface area contributed by atoms with Crippen LogP contribution in [0.1, 0.15) is 4.88 Å². The van der Waals surface area contributed by atoms with E-state index < -0.39 is 0 Å². The third kappa shape index (κ3) is 3.14. The van der Waals surface area contributed by atoms with Crippen molar-refractivity contribution in [3.05, 3.63) is 33.5 Å². The molecule has 2 aromatic heterocycles. The Bertz CT molecular complexity index is 468. The highest BCUT2D eigenvalue weighted by Gasteiger charge is 2.04. The molecule has 0 bridgehead atoms. The van der Waals surface area contributed by atoms with Gasteiger partial charge in [0, 0.05) is 14.7 Å². The molecule has 0 aromatic carbocycles. The van der Waals surface area contributed by atoms with Gasteiger partial charge in [-0.2, -0.15) is 5.10 Å². The van der Waals surface area contributed by atoms with Crippen molar-refractivity contribution in [2.24, 2.45) is 0 Å². The molecule has 0 atom stereocenters. The topological polar surface area (TPSA) is 59.8 Å². The average Bonchev–Trinajstić information content (AvgIpc) is 2.87. The van der Waals surface area contributed by atoms with Gasteiger partial charge in [0.25, 0.3) is 0 Å². The Morgan fingerprint density at radius 3 is 3.12 bits per heavy atom. The van der Waals surface area contributed by atoms with Crippen LogP contribution in [0, 0.1) is 0 Å². The second kappa shape index (κ2) is 5.22. The van der Waals surface area contributed by atoms with Crippen molar-refractivity contribution in [3.8, 4) is 0 Å². The predicted octanol–water partition coefficient (Wildman–Crippen LogP) is 1.42. The van der Waals surface area contributed by atoms with E-state index in [0.29, 0.717) is 6.54 Å². The molecule has 0 saturated carbocycles. The van der Waals surface area contributed by atoms with Gasteiger partial charge in [-0.25, -0.2) is 9.67 Å².